The van der Waals surface area contributed by atoms with E-state index in [2.05, 4.69) is 25.0 Å². The number of H-pyrrole nitrogens is 1. The molecule has 2 aromatic heterocycles. The van der Waals surface area contributed by atoms with Crippen LogP contribution in [0.2, 0.25) is 0 Å². The van der Waals surface area contributed by atoms with Crippen molar-refractivity contribution in [3.63, 3.8) is 0 Å². The molecule has 0 saturated heterocycles. The van der Waals surface area contributed by atoms with Crippen LogP contribution < -0.4 is 10.0 Å². The lowest BCUT2D eigenvalue weighted by Gasteiger charge is -2.09. The fraction of sp³-hybridized carbons (Fsp3) is 0.143. The zero-order valence-electron chi connectivity index (χ0n) is 11.6. The first-order valence-corrected chi connectivity index (χ1v) is 7.19. The summed E-state index contributed by atoms with van der Waals surface area (Å²) in [5.41, 5.74) is 2.12. The van der Waals surface area contributed by atoms with Crippen LogP contribution in [-0.4, -0.2) is 22.0 Å². The molecule has 2 heterocycles. The summed E-state index contributed by atoms with van der Waals surface area (Å²) in [6.07, 6.45) is 3.30. The summed E-state index contributed by atoms with van der Waals surface area (Å²) in [5.74, 6) is 0.264. The molecule has 1 aromatic carbocycles. The highest BCUT2D eigenvalue weighted by atomic mass is 32.2. The second kappa shape index (κ2) is 5.71. The molecule has 3 rings (SSSR count). The zero-order valence-corrected chi connectivity index (χ0v) is 12.4. The van der Waals surface area contributed by atoms with Gasteiger partial charge in [-0.1, -0.05) is 0 Å². The van der Waals surface area contributed by atoms with Gasteiger partial charge in [0.05, 0.1) is 11.1 Å². The average Bonchev–Trinajstić information content (AvgIpc) is 2.86. The number of aromatic amines is 1. The largest absolute Gasteiger partial charge is 0.346 e. The second-order valence-electron chi connectivity index (χ2n) is 4.49. The first kappa shape index (κ1) is 13.8. The maximum Gasteiger partial charge on any atom is 0.146 e. The lowest BCUT2D eigenvalue weighted by Crippen LogP contribution is -1.99. The van der Waals surface area contributed by atoms with Crippen LogP contribution >= 0.6 is 11.9 Å². The van der Waals surface area contributed by atoms with Gasteiger partial charge in [0.25, 0.3) is 0 Å². The van der Waals surface area contributed by atoms with Crippen molar-refractivity contribution < 1.29 is 4.39 Å². The number of hydrogen-bond donors (Lipinski definition) is 3. The molecule has 0 saturated carbocycles. The number of aromatic nitrogens is 3. The monoisotopic (exact) mass is 303 g/mol. The molecular formula is C14H14FN5S. The Kier molecular flexibility index (Phi) is 3.76. The molecule has 7 heteroatoms. The van der Waals surface area contributed by atoms with Gasteiger partial charge in [-0.15, -0.1) is 0 Å². The number of hydrogen-bond acceptors (Lipinski definition) is 5. The number of benzene rings is 1. The molecule has 0 unspecified atom stereocenters. The van der Waals surface area contributed by atoms with Crippen molar-refractivity contribution in [2.24, 2.45) is 0 Å². The van der Waals surface area contributed by atoms with E-state index in [1.165, 1.54) is 24.3 Å². The van der Waals surface area contributed by atoms with Gasteiger partial charge in [0, 0.05) is 11.1 Å². The molecule has 0 aliphatic carbocycles. The van der Waals surface area contributed by atoms with E-state index < -0.39 is 0 Å². The van der Waals surface area contributed by atoms with Crippen molar-refractivity contribution in [3.05, 3.63) is 42.1 Å². The molecule has 0 radical (unpaired) electrons. The Bertz CT molecular complexity index is 786. The molecule has 3 aromatic rings. The van der Waals surface area contributed by atoms with E-state index in [-0.39, 0.29) is 5.82 Å². The SMILES string of the molecule is CNSc1ccc(F)c(Nc2ncnc3[nH]cc(C)c23)c1. The van der Waals surface area contributed by atoms with Crippen molar-refractivity contribution in [1.29, 1.82) is 0 Å². The normalized spacial score (nSPS) is 11.0. The molecule has 0 fully saturated rings. The third kappa shape index (κ3) is 2.70. The summed E-state index contributed by atoms with van der Waals surface area (Å²) in [6, 6.07) is 4.90. The first-order valence-electron chi connectivity index (χ1n) is 6.38. The fourth-order valence-electron chi connectivity index (χ4n) is 2.12. The quantitative estimate of drug-likeness (QED) is 0.645. The lowest BCUT2D eigenvalue weighted by molar-refractivity contribution is 0.630. The Balaban J connectivity index is 2.02. The van der Waals surface area contributed by atoms with Crippen molar-refractivity contribution >= 4 is 34.5 Å². The number of nitrogens with zero attached hydrogens (tertiary/aromatic N) is 2. The highest BCUT2D eigenvalue weighted by Crippen LogP contribution is 2.28. The number of fused-ring (bicyclic) bond motifs is 1. The van der Waals surface area contributed by atoms with Crippen molar-refractivity contribution in [3.8, 4) is 0 Å². The minimum atomic E-state index is -0.324. The topological polar surface area (TPSA) is 65.6 Å². The smallest absolute Gasteiger partial charge is 0.146 e. The molecule has 3 N–H and O–H groups in total. The first-order chi connectivity index (χ1) is 10.2. The number of halogens is 1. The molecule has 5 nitrogen and oxygen atoms in total. The minimum absolute atomic E-state index is 0.324. The molecule has 0 aliphatic rings. The van der Waals surface area contributed by atoms with Crippen LogP contribution in [0.1, 0.15) is 5.56 Å². The van der Waals surface area contributed by atoms with Crippen molar-refractivity contribution in [1.82, 2.24) is 19.7 Å². The van der Waals surface area contributed by atoms with Gasteiger partial charge < -0.3 is 10.3 Å². The van der Waals surface area contributed by atoms with E-state index in [4.69, 9.17) is 0 Å². The third-order valence-electron chi connectivity index (χ3n) is 3.08. The molecule has 0 bridgehead atoms. The molecule has 108 valence electrons. The highest BCUT2D eigenvalue weighted by Gasteiger charge is 2.11. The summed E-state index contributed by atoms with van der Waals surface area (Å²) < 4.78 is 16.9. The summed E-state index contributed by atoms with van der Waals surface area (Å²) in [5, 5.41) is 3.92. The van der Waals surface area contributed by atoms with Crippen LogP contribution in [0.15, 0.2) is 35.6 Å². The van der Waals surface area contributed by atoms with E-state index >= 15 is 0 Å². The van der Waals surface area contributed by atoms with Crippen LogP contribution in [0.25, 0.3) is 11.0 Å². The second-order valence-corrected chi connectivity index (χ2v) is 5.57. The van der Waals surface area contributed by atoms with Gasteiger partial charge in [0.1, 0.15) is 23.6 Å². The van der Waals surface area contributed by atoms with Crippen LogP contribution in [0.3, 0.4) is 0 Å². The molecule has 0 atom stereocenters. The maximum absolute atomic E-state index is 14.0. The Morgan fingerprint density at radius 3 is 2.95 bits per heavy atom. The number of rotatable bonds is 4. The van der Waals surface area contributed by atoms with Crippen LogP contribution in [0.5, 0.6) is 0 Å². The van der Waals surface area contributed by atoms with E-state index in [1.807, 2.05) is 20.2 Å². The molecule has 21 heavy (non-hydrogen) atoms. The summed E-state index contributed by atoms with van der Waals surface area (Å²) >= 11 is 1.42. The predicted octanol–water partition coefficient (Wildman–Crippen LogP) is 3.38. The zero-order chi connectivity index (χ0) is 14.8. The summed E-state index contributed by atoms with van der Waals surface area (Å²) in [4.78, 5) is 12.4. The van der Waals surface area contributed by atoms with Gasteiger partial charge in [0.15, 0.2) is 0 Å². The van der Waals surface area contributed by atoms with E-state index in [0.29, 0.717) is 11.5 Å². The van der Waals surface area contributed by atoms with E-state index in [1.54, 1.807) is 12.1 Å². The van der Waals surface area contributed by atoms with E-state index in [9.17, 15) is 4.39 Å². The molecule has 0 amide bonds. The van der Waals surface area contributed by atoms with Gasteiger partial charge in [-0.3, -0.25) is 4.72 Å². The average molecular weight is 303 g/mol. The van der Waals surface area contributed by atoms with Crippen LogP contribution in [0, 0.1) is 12.7 Å². The number of anilines is 2. The number of nitrogens with one attached hydrogen (secondary N) is 3. The summed E-state index contributed by atoms with van der Waals surface area (Å²) in [6.45, 7) is 1.96. The van der Waals surface area contributed by atoms with Gasteiger partial charge in [0.2, 0.25) is 0 Å². The standard InChI is InChI=1S/C14H14FN5S/c1-8-6-17-13-12(8)14(19-7-18-13)20-11-5-9(21-16-2)3-4-10(11)15/h3-7,16H,1-2H3,(H2,17,18,19,20). The highest BCUT2D eigenvalue weighted by molar-refractivity contribution is 7.97. The molecular weight excluding hydrogens is 289 g/mol. The van der Waals surface area contributed by atoms with Crippen LogP contribution in [-0.2, 0) is 0 Å². The van der Waals surface area contributed by atoms with Gasteiger partial charge in [-0.25, -0.2) is 14.4 Å². The Morgan fingerprint density at radius 2 is 2.14 bits per heavy atom. The maximum atomic E-state index is 14.0. The Morgan fingerprint density at radius 1 is 1.29 bits per heavy atom. The fourth-order valence-corrected chi connectivity index (χ4v) is 2.67. The van der Waals surface area contributed by atoms with Gasteiger partial charge in [-0.05, 0) is 49.7 Å². The predicted molar refractivity (Wildman–Crippen MR) is 83.2 cm³/mol. The van der Waals surface area contributed by atoms with Crippen molar-refractivity contribution in [2.45, 2.75) is 11.8 Å². The Labute approximate surface area is 125 Å². The van der Waals surface area contributed by atoms with Crippen LogP contribution in [0.4, 0.5) is 15.9 Å². The minimum Gasteiger partial charge on any atom is -0.346 e. The summed E-state index contributed by atoms with van der Waals surface area (Å²) in [7, 11) is 1.82. The van der Waals surface area contributed by atoms with Crippen molar-refractivity contribution in [2.75, 3.05) is 12.4 Å². The van der Waals surface area contributed by atoms with Gasteiger partial charge in [-0.2, -0.15) is 0 Å². The molecule has 0 aliphatic heterocycles. The third-order valence-corrected chi connectivity index (χ3v) is 3.77. The number of aryl methyl sites for hydroxylation is 1. The lowest BCUT2D eigenvalue weighted by atomic mass is 10.2. The Hall–Kier alpha value is -2.12. The molecule has 0 spiro atoms. The van der Waals surface area contributed by atoms with E-state index in [0.717, 1.165) is 21.5 Å². The van der Waals surface area contributed by atoms with Gasteiger partial charge >= 0.3 is 0 Å².